The predicted molar refractivity (Wildman–Crippen MR) is 56.0 cm³/mol. The standard InChI is InChI=1S/C10H15N3O3/c11-2-1-9-12-7-8(16-9)10(14)13-3-5-15-6-4-13/h7H,1-6,11H2. The molecule has 0 aromatic carbocycles. The third-order valence-corrected chi connectivity index (χ3v) is 2.42. The van der Waals surface area contributed by atoms with Crippen LogP contribution in [0, 0.1) is 0 Å². The molecule has 0 unspecified atom stereocenters. The average molecular weight is 225 g/mol. The second-order valence-electron chi connectivity index (χ2n) is 3.56. The molecular weight excluding hydrogens is 210 g/mol. The van der Waals surface area contributed by atoms with E-state index in [1.165, 1.54) is 6.20 Å². The van der Waals surface area contributed by atoms with E-state index in [2.05, 4.69) is 4.98 Å². The molecule has 1 aliphatic heterocycles. The zero-order valence-electron chi connectivity index (χ0n) is 9.02. The van der Waals surface area contributed by atoms with Crippen molar-refractivity contribution in [2.24, 2.45) is 5.73 Å². The van der Waals surface area contributed by atoms with Crippen LogP contribution in [0.1, 0.15) is 16.4 Å². The molecule has 1 fully saturated rings. The number of nitrogens with zero attached hydrogens (tertiary/aromatic N) is 2. The SMILES string of the molecule is NCCc1ncc(C(=O)N2CCOCC2)o1. The van der Waals surface area contributed by atoms with Crippen LogP contribution in [-0.2, 0) is 11.2 Å². The van der Waals surface area contributed by atoms with Crippen LogP contribution >= 0.6 is 0 Å². The van der Waals surface area contributed by atoms with Crippen molar-refractivity contribution in [2.45, 2.75) is 6.42 Å². The molecule has 88 valence electrons. The van der Waals surface area contributed by atoms with Crippen LogP contribution in [0.15, 0.2) is 10.6 Å². The van der Waals surface area contributed by atoms with Crippen LogP contribution in [0.25, 0.3) is 0 Å². The minimum absolute atomic E-state index is 0.126. The van der Waals surface area contributed by atoms with E-state index in [0.29, 0.717) is 45.2 Å². The molecule has 0 atom stereocenters. The van der Waals surface area contributed by atoms with Crippen molar-refractivity contribution in [1.82, 2.24) is 9.88 Å². The summed E-state index contributed by atoms with van der Waals surface area (Å²) in [7, 11) is 0. The Balaban J connectivity index is 2.01. The van der Waals surface area contributed by atoms with E-state index in [1.54, 1.807) is 4.90 Å². The second kappa shape index (κ2) is 5.09. The number of hydrogen-bond acceptors (Lipinski definition) is 5. The number of carbonyl (C=O) groups is 1. The summed E-state index contributed by atoms with van der Waals surface area (Å²) in [6.45, 7) is 2.83. The zero-order chi connectivity index (χ0) is 11.4. The van der Waals surface area contributed by atoms with E-state index in [1.807, 2.05) is 0 Å². The third kappa shape index (κ3) is 2.40. The Morgan fingerprint density at radius 2 is 2.25 bits per heavy atom. The van der Waals surface area contributed by atoms with Crippen molar-refractivity contribution in [2.75, 3.05) is 32.8 Å². The van der Waals surface area contributed by atoms with E-state index in [4.69, 9.17) is 14.9 Å². The van der Waals surface area contributed by atoms with Gasteiger partial charge in [-0.15, -0.1) is 0 Å². The van der Waals surface area contributed by atoms with Crippen LogP contribution in [0.4, 0.5) is 0 Å². The number of oxazole rings is 1. The minimum atomic E-state index is -0.126. The molecule has 1 aromatic heterocycles. The lowest BCUT2D eigenvalue weighted by atomic mass is 10.3. The molecule has 1 saturated heterocycles. The van der Waals surface area contributed by atoms with Gasteiger partial charge in [0.05, 0.1) is 19.4 Å². The first-order valence-electron chi connectivity index (χ1n) is 5.33. The van der Waals surface area contributed by atoms with Crippen LogP contribution in [-0.4, -0.2) is 48.6 Å². The quantitative estimate of drug-likeness (QED) is 0.760. The molecule has 0 radical (unpaired) electrons. The summed E-state index contributed by atoms with van der Waals surface area (Å²) >= 11 is 0. The molecule has 1 amide bonds. The molecule has 0 spiro atoms. The molecule has 1 aromatic rings. The molecule has 0 aliphatic carbocycles. The molecular formula is C10H15N3O3. The maximum atomic E-state index is 11.9. The zero-order valence-corrected chi connectivity index (χ0v) is 9.02. The van der Waals surface area contributed by atoms with Crippen molar-refractivity contribution < 1.29 is 13.9 Å². The Morgan fingerprint density at radius 1 is 1.50 bits per heavy atom. The van der Waals surface area contributed by atoms with Gasteiger partial charge < -0.3 is 19.8 Å². The molecule has 2 N–H and O–H groups in total. The van der Waals surface area contributed by atoms with E-state index in [9.17, 15) is 4.79 Å². The largest absolute Gasteiger partial charge is 0.435 e. The number of hydrogen-bond donors (Lipinski definition) is 1. The maximum Gasteiger partial charge on any atom is 0.291 e. The summed E-state index contributed by atoms with van der Waals surface area (Å²) in [5.74, 6) is 0.670. The minimum Gasteiger partial charge on any atom is -0.435 e. The van der Waals surface area contributed by atoms with Gasteiger partial charge in [-0.1, -0.05) is 0 Å². The third-order valence-electron chi connectivity index (χ3n) is 2.42. The van der Waals surface area contributed by atoms with Crippen LogP contribution in [0.5, 0.6) is 0 Å². The molecule has 1 aliphatic rings. The van der Waals surface area contributed by atoms with Crippen molar-refractivity contribution in [3.05, 3.63) is 17.8 Å². The smallest absolute Gasteiger partial charge is 0.291 e. The van der Waals surface area contributed by atoms with E-state index in [0.717, 1.165) is 0 Å². The summed E-state index contributed by atoms with van der Waals surface area (Å²) in [6.07, 6.45) is 2.01. The summed E-state index contributed by atoms with van der Waals surface area (Å²) in [4.78, 5) is 17.6. The Bertz CT molecular complexity index is 358. The number of ether oxygens (including phenoxy) is 1. The first-order chi connectivity index (χ1) is 7.81. The van der Waals surface area contributed by atoms with E-state index in [-0.39, 0.29) is 11.7 Å². The van der Waals surface area contributed by atoms with Gasteiger partial charge >= 0.3 is 0 Å². The van der Waals surface area contributed by atoms with Crippen molar-refractivity contribution in [3.63, 3.8) is 0 Å². The van der Waals surface area contributed by atoms with Gasteiger partial charge in [-0.25, -0.2) is 4.98 Å². The van der Waals surface area contributed by atoms with Crippen LogP contribution in [0.3, 0.4) is 0 Å². The Morgan fingerprint density at radius 3 is 2.94 bits per heavy atom. The molecule has 2 heterocycles. The topological polar surface area (TPSA) is 81.6 Å². The lowest BCUT2D eigenvalue weighted by Gasteiger charge is -2.25. The Kier molecular flexibility index (Phi) is 3.53. The highest BCUT2D eigenvalue weighted by atomic mass is 16.5. The fraction of sp³-hybridized carbons (Fsp3) is 0.600. The molecule has 0 bridgehead atoms. The van der Waals surface area contributed by atoms with E-state index < -0.39 is 0 Å². The number of morpholine rings is 1. The second-order valence-corrected chi connectivity index (χ2v) is 3.56. The Hall–Kier alpha value is -1.40. The van der Waals surface area contributed by atoms with Gasteiger partial charge in [0.15, 0.2) is 5.89 Å². The van der Waals surface area contributed by atoms with Gasteiger partial charge in [0.1, 0.15) is 0 Å². The van der Waals surface area contributed by atoms with Crippen molar-refractivity contribution in [3.8, 4) is 0 Å². The lowest BCUT2D eigenvalue weighted by molar-refractivity contribution is 0.0282. The summed E-state index contributed by atoms with van der Waals surface area (Å²) in [5, 5.41) is 0. The molecule has 6 heteroatoms. The van der Waals surface area contributed by atoms with Gasteiger partial charge in [0, 0.05) is 26.1 Å². The summed E-state index contributed by atoms with van der Waals surface area (Å²) in [5.41, 5.74) is 5.38. The maximum absolute atomic E-state index is 11.9. The lowest BCUT2D eigenvalue weighted by Crippen LogP contribution is -2.40. The van der Waals surface area contributed by atoms with Crippen molar-refractivity contribution in [1.29, 1.82) is 0 Å². The highest BCUT2D eigenvalue weighted by molar-refractivity contribution is 5.91. The first-order valence-corrected chi connectivity index (χ1v) is 5.33. The van der Waals surface area contributed by atoms with Gasteiger partial charge in [-0.3, -0.25) is 4.79 Å². The van der Waals surface area contributed by atoms with Crippen LogP contribution in [0.2, 0.25) is 0 Å². The molecule has 6 nitrogen and oxygen atoms in total. The predicted octanol–water partition coefficient (Wildman–Crippen LogP) is -0.352. The summed E-state index contributed by atoms with van der Waals surface area (Å²) in [6, 6.07) is 0. The number of carbonyl (C=O) groups excluding carboxylic acids is 1. The van der Waals surface area contributed by atoms with Gasteiger partial charge in [-0.05, 0) is 0 Å². The van der Waals surface area contributed by atoms with Gasteiger partial charge in [0.25, 0.3) is 5.91 Å². The van der Waals surface area contributed by atoms with E-state index >= 15 is 0 Å². The number of rotatable bonds is 3. The van der Waals surface area contributed by atoms with Crippen molar-refractivity contribution >= 4 is 5.91 Å². The normalized spacial score (nSPS) is 16.4. The molecule has 0 saturated carbocycles. The molecule has 16 heavy (non-hydrogen) atoms. The monoisotopic (exact) mass is 225 g/mol. The average Bonchev–Trinajstić information content (AvgIpc) is 2.78. The fourth-order valence-electron chi connectivity index (χ4n) is 1.57. The molecule has 2 rings (SSSR count). The van der Waals surface area contributed by atoms with Gasteiger partial charge in [-0.2, -0.15) is 0 Å². The summed E-state index contributed by atoms with van der Waals surface area (Å²) < 4.78 is 10.5. The number of amides is 1. The first kappa shape index (κ1) is 11.1. The number of aromatic nitrogens is 1. The highest BCUT2D eigenvalue weighted by Gasteiger charge is 2.21. The van der Waals surface area contributed by atoms with Crippen LogP contribution < -0.4 is 5.73 Å². The number of nitrogens with two attached hydrogens (primary N) is 1. The fourth-order valence-corrected chi connectivity index (χ4v) is 1.57. The Labute approximate surface area is 93.4 Å². The van der Waals surface area contributed by atoms with Gasteiger partial charge in [0.2, 0.25) is 5.76 Å². The highest BCUT2D eigenvalue weighted by Crippen LogP contribution is 2.09.